The molecule has 7 amide bonds. The summed E-state index contributed by atoms with van der Waals surface area (Å²) in [6, 6.07) is -2.70. The fraction of sp³-hybridized carbons (Fsp3) is 0.683. The minimum Gasteiger partial charge on any atom is -0.481 e. The Bertz CT molecular complexity index is 2820. The average Bonchev–Trinajstić information content (AvgIpc) is 0.749. The quantitative estimate of drug-likeness (QED) is 0.0245. The molecular formula is C63H102FN11O22Si. The molecule has 0 radical (unpaired) electrons. The van der Waals surface area contributed by atoms with Crippen molar-refractivity contribution in [2.75, 3.05) is 91.6 Å². The minimum absolute atomic E-state index is 0.0299. The van der Waals surface area contributed by atoms with Crippen molar-refractivity contribution < 1.29 is 112 Å². The van der Waals surface area contributed by atoms with E-state index >= 15 is 4.11 Å². The standard InChI is InChI=1S/C63H102FN11O22Si/c1-62(2,3)98(64,63(4,5)6)42-21-19-41(20-22-42)55(87)67-37-46(68-50(78)25-24-47(60(95)96)75-35-33-73(39-53(83)84)31-29-72(38-52(81)82)30-32-74(34-36-75)40-54(85)86)56(88)69-43(57(89)90)15-11-13-27-65-48(76)17-9-7-8-10-18-49(77)66-28-14-12-16-44(58(91)92)70-61(97)71-45(59(93)94)23-26-51(79)80/h19-22,43-47H,7-18,23-40H2,1-6H3,(H,65,76)(H,66,77)(H,67,87)(H,68,78)(H,69,88)(H,79,80)(H,81,82)(H,83,84)(H,85,86)(H,89,90)(H,91,92)(H,93,94)(H,95,96)(H2,70,71,97)/t43-,44+,45+,46-,47?/m1/s1. The summed E-state index contributed by atoms with van der Waals surface area (Å²) < 4.78 is 17.1. The van der Waals surface area contributed by atoms with Gasteiger partial charge in [-0.3, -0.25) is 67.5 Å². The van der Waals surface area contributed by atoms with Gasteiger partial charge in [-0.05, 0) is 91.6 Å². The van der Waals surface area contributed by atoms with Gasteiger partial charge >= 0.3 is 53.8 Å². The molecule has 15 N–H and O–H groups in total. The third kappa shape index (κ3) is 32.8. The maximum atomic E-state index is 17.1. The van der Waals surface area contributed by atoms with Gasteiger partial charge in [-0.2, -0.15) is 0 Å². The normalized spacial score (nSPS) is 15.6. The van der Waals surface area contributed by atoms with E-state index in [-0.39, 0.29) is 128 Å². The number of carbonyl (C=O) groups is 14. The molecule has 1 aliphatic rings. The third-order valence-electron chi connectivity index (χ3n) is 16.6. The number of amides is 7. The fourth-order valence-electron chi connectivity index (χ4n) is 11.4. The second-order valence-corrected chi connectivity index (χ2v) is 31.2. The lowest BCUT2D eigenvalue weighted by molar-refractivity contribution is -0.145. The molecule has 0 aliphatic carbocycles. The topological polar surface area (TPSA) is 498 Å². The smallest absolute Gasteiger partial charge is 0.326 e. The summed E-state index contributed by atoms with van der Waals surface area (Å²) >= 11 is 0. The van der Waals surface area contributed by atoms with Gasteiger partial charge < -0.3 is 82.2 Å². The Labute approximate surface area is 569 Å². The van der Waals surface area contributed by atoms with Crippen molar-refractivity contribution in [3.05, 3.63) is 29.8 Å². The number of carboxylic acids is 8. The van der Waals surface area contributed by atoms with Crippen LogP contribution < -0.4 is 42.4 Å². The Hall–Kier alpha value is -8.41. The zero-order valence-corrected chi connectivity index (χ0v) is 57.9. The van der Waals surface area contributed by atoms with Crippen molar-refractivity contribution in [1.82, 2.24) is 56.8 Å². The molecule has 5 atom stereocenters. The average molecular weight is 1410 g/mol. The van der Waals surface area contributed by atoms with E-state index in [9.17, 15) is 103 Å². The SMILES string of the molecule is CC(C)(C)[Si](F)(c1ccc(C(=O)NC[C@@H](NC(=O)CCC(C(=O)O)N2CCN(CC(=O)O)CCN(CC(=O)O)CCN(CC(=O)O)CC2)C(=O)N[C@H](CCCCNC(=O)CCCCCCC(=O)NCCCC[C@H](NC(=O)N[C@@H](CCC(=O)O)C(=O)O)C(=O)O)C(=O)O)cc1)C(C)(C)C. The Kier molecular flexibility index (Phi) is 37.7. The number of hydrogen-bond acceptors (Lipinski definition) is 18. The van der Waals surface area contributed by atoms with Crippen LogP contribution in [0.1, 0.15) is 155 Å². The number of nitrogens with zero attached hydrogens (tertiary/aromatic N) is 4. The highest BCUT2D eigenvalue weighted by atomic mass is 28.4. The summed E-state index contributed by atoms with van der Waals surface area (Å²) in [7, 11) is -3.74. The molecular weight excluding hydrogens is 1310 g/mol. The number of carbonyl (C=O) groups excluding carboxylic acids is 6. The molecule has 1 heterocycles. The van der Waals surface area contributed by atoms with E-state index in [1.165, 1.54) is 43.9 Å². The Morgan fingerprint density at radius 3 is 1.22 bits per heavy atom. The minimum atomic E-state index is -3.74. The van der Waals surface area contributed by atoms with Gasteiger partial charge in [0.1, 0.15) is 30.2 Å². The van der Waals surface area contributed by atoms with Gasteiger partial charge in [0, 0.05) is 103 Å². The van der Waals surface area contributed by atoms with Gasteiger partial charge in [-0.15, -0.1) is 0 Å². The first-order valence-electron chi connectivity index (χ1n) is 32.8. The number of urea groups is 1. The molecule has 2 rings (SSSR count). The molecule has 0 saturated carbocycles. The van der Waals surface area contributed by atoms with Crippen LogP contribution in [-0.4, -0.2) is 274 Å². The predicted octanol–water partition coefficient (Wildman–Crippen LogP) is 0.886. The molecule has 0 aromatic heterocycles. The lowest BCUT2D eigenvalue weighted by Gasteiger charge is -2.44. The van der Waals surface area contributed by atoms with Crippen LogP contribution in [0.3, 0.4) is 0 Å². The number of rotatable bonds is 43. The number of aliphatic carboxylic acids is 8. The number of halogens is 1. The summed E-state index contributed by atoms with van der Waals surface area (Å²) in [5.74, 6) is -13.7. The second kappa shape index (κ2) is 43.1. The van der Waals surface area contributed by atoms with Crippen LogP contribution in [-0.2, 0) is 57.5 Å². The summed E-state index contributed by atoms with van der Waals surface area (Å²) in [5.41, 5.74) is 0.0719. The largest absolute Gasteiger partial charge is 0.481 e. The highest BCUT2D eigenvalue weighted by molar-refractivity contribution is 6.90. The van der Waals surface area contributed by atoms with Crippen molar-refractivity contribution in [2.24, 2.45) is 0 Å². The Balaban J connectivity index is 2.09. The summed E-state index contributed by atoms with van der Waals surface area (Å²) in [5, 5.41) is 93.3. The van der Waals surface area contributed by atoms with E-state index in [2.05, 4.69) is 31.9 Å². The molecule has 552 valence electrons. The molecule has 1 aliphatic heterocycles. The van der Waals surface area contributed by atoms with Crippen molar-refractivity contribution in [1.29, 1.82) is 0 Å². The first-order chi connectivity index (χ1) is 45.8. The van der Waals surface area contributed by atoms with E-state index in [4.69, 9.17) is 5.11 Å². The first kappa shape index (κ1) is 85.7. The van der Waals surface area contributed by atoms with Crippen LogP contribution in [0, 0.1) is 0 Å². The van der Waals surface area contributed by atoms with E-state index in [0.29, 0.717) is 37.3 Å². The van der Waals surface area contributed by atoms with Crippen LogP contribution >= 0.6 is 0 Å². The highest BCUT2D eigenvalue weighted by Crippen LogP contribution is 2.51. The van der Waals surface area contributed by atoms with E-state index in [1.807, 2.05) is 46.9 Å². The lowest BCUT2D eigenvalue weighted by Crippen LogP contribution is -2.58. The molecule has 98 heavy (non-hydrogen) atoms. The van der Waals surface area contributed by atoms with Gasteiger partial charge in [0.05, 0.1) is 19.6 Å². The van der Waals surface area contributed by atoms with Gasteiger partial charge in [0.2, 0.25) is 23.6 Å². The number of unbranched alkanes of at least 4 members (excludes halogenated alkanes) is 5. The van der Waals surface area contributed by atoms with Crippen LogP contribution in [0.4, 0.5) is 8.90 Å². The molecule has 35 heteroatoms. The van der Waals surface area contributed by atoms with E-state index < -0.39 is 172 Å². The van der Waals surface area contributed by atoms with Gasteiger partial charge in [-0.1, -0.05) is 66.5 Å². The molecule has 1 unspecified atom stereocenters. The summed E-state index contributed by atoms with van der Waals surface area (Å²) in [6.07, 6.45) is 1.63. The van der Waals surface area contributed by atoms with Gasteiger partial charge in [0.25, 0.3) is 14.3 Å². The molecule has 1 aromatic carbocycles. The Morgan fingerprint density at radius 1 is 0.429 bits per heavy atom. The van der Waals surface area contributed by atoms with Gasteiger partial charge in [0.15, 0.2) is 0 Å². The van der Waals surface area contributed by atoms with Crippen LogP contribution in [0.15, 0.2) is 24.3 Å². The Morgan fingerprint density at radius 2 is 0.837 bits per heavy atom. The van der Waals surface area contributed by atoms with Crippen LogP contribution in [0.5, 0.6) is 0 Å². The molecule has 0 spiro atoms. The molecule has 1 fully saturated rings. The number of carboxylic acid groups (broad SMARTS) is 8. The molecule has 33 nitrogen and oxygen atoms in total. The molecule has 1 aromatic rings. The summed E-state index contributed by atoms with van der Waals surface area (Å²) in [6.45, 7) is 9.34. The molecule has 0 bridgehead atoms. The number of hydrogen-bond donors (Lipinski definition) is 15. The lowest BCUT2D eigenvalue weighted by atomic mass is 10.1. The van der Waals surface area contributed by atoms with Crippen LogP contribution in [0.25, 0.3) is 0 Å². The first-order valence-corrected chi connectivity index (χ1v) is 34.7. The van der Waals surface area contributed by atoms with Crippen molar-refractivity contribution in [2.45, 2.75) is 185 Å². The zero-order valence-electron chi connectivity index (χ0n) is 56.9. The van der Waals surface area contributed by atoms with Crippen molar-refractivity contribution >= 4 is 96.9 Å². The maximum absolute atomic E-state index is 17.1. The number of benzene rings is 1. The van der Waals surface area contributed by atoms with Crippen molar-refractivity contribution in [3.63, 3.8) is 0 Å². The number of nitrogens with one attached hydrogen (secondary N) is 7. The fourth-order valence-corrected chi connectivity index (χ4v) is 16.0. The predicted molar refractivity (Wildman–Crippen MR) is 353 cm³/mol. The maximum Gasteiger partial charge on any atom is 0.326 e. The highest BCUT2D eigenvalue weighted by Gasteiger charge is 2.56. The third-order valence-corrected chi connectivity index (χ3v) is 21.8. The van der Waals surface area contributed by atoms with Crippen LogP contribution in [0.2, 0.25) is 10.1 Å². The van der Waals surface area contributed by atoms with E-state index in [0.717, 1.165) is 0 Å². The zero-order chi connectivity index (χ0) is 73.9. The van der Waals surface area contributed by atoms with E-state index in [1.54, 1.807) is 0 Å². The van der Waals surface area contributed by atoms with Crippen molar-refractivity contribution in [3.8, 4) is 0 Å². The molecule has 1 saturated heterocycles. The summed E-state index contributed by atoms with van der Waals surface area (Å²) in [4.78, 5) is 180. The second-order valence-electron chi connectivity index (χ2n) is 26.3. The monoisotopic (exact) mass is 1410 g/mol. The van der Waals surface area contributed by atoms with Gasteiger partial charge in [-0.25, -0.2) is 19.2 Å².